The number of alkyl halides is 6. The third kappa shape index (κ3) is 3.04. The van der Waals surface area contributed by atoms with E-state index >= 15 is 0 Å². The van der Waals surface area contributed by atoms with Crippen molar-refractivity contribution in [3.8, 4) is 0 Å². The summed E-state index contributed by atoms with van der Waals surface area (Å²) in [7, 11) is 0. The number of halogens is 6. The van der Waals surface area contributed by atoms with Crippen LogP contribution in [0, 0.1) is 0 Å². The van der Waals surface area contributed by atoms with Crippen LogP contribution in [0.25, 0.3) is 0 Å². The largest absolute Gasteiger partial charge is 0.425 e. The van der Waals surface area contributed by atoms with E-state index in [1.807, 2.05) is 0 Å². The Balaban J connectivity index is 4.59. The highest BCUT2D eigenvalue weighted by molar-refractivity contribution is 4.88. The molecule has 0 aliphatic heterocycles. The highest BCUT2D eigenvalue weighted by Gasteiger charge is 2.59. The number of hydrogen-bond acceptors (Lipinski definition) is 1. The molecule has 0 spiro atoms. The van der Waals surface area contributed by atoms with Crippen LogP contribution in [0.5, 0.6) is 0 Å². The minimum atomic E-state index is -5.65. The van der Waals surface area contributed by atoms with Crippen LogP contribution in [0.3, 0.4) is 0 Å². The first-order chi connectivity index (χ1) is 6.14. The van der Waals surface area contributed by atoms with Crippen LogP contribution in [0.15, 0.2) is 0 Å². The highest BCUT2D eigenvalue weighted by Crippen LogP contribution is 2.38. The van der Waals surface area contributed by atoms with Gasteiger partial charge in [-0.1, -0.05) is 13.3 Å². The minimum absolute atomic E-state index is 0.0430. The Kier molecular flexibility index (Phi) is 4.23. The van der Waals surface area contributed by atoms with Crippen molar-refractivity contribution in [1.29, 1.82) is 0 Å². The zero-order valence-corrected chi connectivity index (χ0v) is 7.28. The summed E-state index contributed by atoms with van der Waals surface area (Å²) in [5.41, 5.74) is 0. The van der Waals surface area contributed by atoms with Crippen molar-refractivity contribution < 1.29 is 31.4 Å². The van der Waals surface area contributed by atoms with E-state index in [1.165, 1.54) is 6.92 Å². The molecule has 0 heterocycles. The van der Waals surface area contributed by atoms with Crippen molar-refractivity contribution in [2.45, 2.75) is 44.1 Å². The zero-order chi connectivity index (χ0) is 11.6. The maximum Gasteiger partial charge on any atom is 0.425 e. The van der Waals surface area contributed by atoms with Gasteiger partial charge in [0.05, 0.1) is 0 Å². The van der Waals surface area contributed by atoms with Gasteiger partial charge >= 0.3 is 12.1 Å². The van der Waals surface area contributed by atoms with E-state index in [-0.39, 0.29) is 6.42 Å². The molecular formula is C7H10F6O. The minimum Gasteiger partial charge on any atom is -0.387 e. The van der Waals surface area contributed by atoms with E-state index in [0.29, 0.717) is 0 Å². The molecule has 0 fully saturated rings. The summed E-state index contributed by atoms with van der Waals surface area (Å²) >= 11 is 0. The quantitative estimate of drug-likeness (QED) is 0.728. The lowest BCUT2D eigenvalue weighted by Crippen LogP contribution is -2.49. The molecule has 2 atom stereocenters. The molecule has 0 aliphatic carbocycles. The Labute approximate surface area is 76.7 Å². The van der Waals surface area contributed by atoms with Crippen LogP contribution < -0.4 is 0 Å². The normalized spacial score (nSPS) is 18.0. The third-order valence-corrected chi connectivity index (χ3v) is 1.63. The van der Waals surface area contributed by atoms with E-state index < -0.39 is 30.8 Å². The first-order valence-corrected chi connectivity index (χ1v) is 3.90. The van der Waals surface area contributed by atoms with Crippen LogP contribution in [0.1, 0.15) is 19.8 Å². The van der Waals surface area contributed by atoms with Crippen molar-refractivity contribution >= 4 is 0 Å². The van der Waals surface area contributed by atoms with E-state index in [0.717, 1.165) is 0 Å². The van der Waals surface area contributed by atoms with Crippen LogP contribution in [-0.4, -0.2) is 29.5 Å². The zero-order valence-electron chi connectivity index (χ0n) is 7.28. The molecule has 7 heteroatoms. The molecule has 0 saturated carbocycles. The lowest BCUT2D eigenvalue weighted by atomic mass is 10.0. The molecule has 0 rings (SSSR count). The van der Waals surface area contributed by atoms with Crippen LogP contribution in [-0.2, 0) is 0 Å². The van der Waals surface area contributed by atoms with Crippen molar-refractivity contribution in [2.75, 3.05) is 0 Å². The third-order valence-electron chi connectivity index (χ3n) is 1.63. The summed E-state index contributed by atoms with van der Waals surface area (Å²) in [6.07, 6.45) is -13.1. The number of aliphatic hydroxyl groups is 1. The Bertz CT molecular complexity index is 178. The molecule has 0 aliphatic rings. The number of rotatable bonds is 4. The average Bonchev–Trinajstić information content (AvgIpc) is 2.01. The summed E-state index contributed by atoms with van der Waals surface area (Å²) in [5, 5.41) is 8.62. The molecule has 0 saturated heterocycles. The van der Waals surface area contributed by atoms with Gasteiger partial charge in [0.2, 0.25) is 0 Å². The first-order valence-electron chi connectivity index (χ1n) is 3.90. The molecule has 86 valence electrons. The number of hydrogen-bond donors (Lipinski definition) is 1. The maximum atomic E-state index is 12.5. The summed E-state index contributed by atoms with van der Waals surface area (Å²) < 4.78 is 72.1. The Morgan fingerprint density at radius 3 is 1.86 bits per heavy atom. The predicted molar refractivity (Wildman–Crippen MR) is 36.8 cm³/mol. The van der Waals surface area contributed by atoms with Crippen LogP contribution in [0.2, 0.25) is 0 Å². The van der Waals surface area contributed by atoms with Crippen LogP contribution in [0.4, 0.5) is 26.3 Å². The van der Waals surface area contributed by atoms with Gasteiger partial charge in [0.25, 0.3) is 6.17 Å². The fraction of sp³-hybridized carbons (Fsp3) is 1.00. The van der Waals surface area contributed by atoms with Gasteiger partial charge in [-0.2, -0.15) is 13.2 Å². The van der Waals surface area contributed by atoms with Crippen molar-refractivity contribution in [3.05, 3.63) is 0 Å². The lowest BCUT2D eigenvalue weighted by molar-refractivity contribution is -0.268. The van der Waals surface area contributed by atoms with E-state index in [2.05, 4.69) is 0 Å². The molecule has 0 aromatic rings. The van der Waals surface area contributed by atoms with Gasteiger partial charge in [-0.05, 0) is 6.42 Å². The summed E-state index contributed by atoms with van der Waals surface area (Å²) in [4.78, 5) is 0. The van der Waals surface area contributed by atoms with Gasteiger partial charge in [0, 0.05) is 0 Å². The second-order valence-corrected chi connectivity index (χ2v) is 2.88. The highest BCUT2D eigenvalue weighted by atomic mass is 19.4. The maximum absolute atomic E-state index is 12.5. The SMILES string of the molecule is CCCC(O)C(F)(F)C(F)C(F)(F)F. The molecular weight excluding hydrogens is 214 g/mol. The molecule has 0 amide bonds. The summed E-state index contributed by atoms with van der Waals surface area (Å²) in [6.45, 7) is 1.39. The molecule has 1 N–H and O–H groups in total. The van der Waals surface area contributed by atoms with Gasteiger partial charge in [-0.25, -0.2) is 13.2 Å². The molecule has 2 unspecified atom stereocenters. The molecule has 1 nitrogen and oxygen atoms in total. The second kappa shape index (κ2) is 4.37. The summed E-state index contributed by atoms with van der Waals surface area (Å²) in [5.74, 6) is -4.78. The average molecular weight is 224 g/mol. The standard InChI is InChI=1S/C7H10F6O/c1-2-3-4(14)6(9,10)5(8)7(11,12)13/h4-5,14H,2-3H2,1H3. The fourth-order valence-electron chi connectivity index (χ4n) is 0.853. The molecule has 14 heavy (non-hydrogen) atoms. The predicted octanol–water partition coefficient (Wildman–Crippen LogP) is 2.68. The van der Waals surface area contributed by atoms with E-state index in [4.69, 9.17) is 5.11 Å². The monoisotopic (exact) mass is 224 g/mol. The molecule has 0 bridgehead atoms. The summed E-state index contributed by atoms with van der Waals surface area (Å²) in [6, 6.07) is 0. The van der Waals surface area contributed by atoms with Gasteiger partial charge in [0.15, 0.2) is 0 Å². The molecule has 0 aromatic carbocycles. The van der Waals surface area contributed by atoms with Crippen molar-refractivity contribution in [3.63, 3.8) is 0 Å². The van der Waals surface area contributed by atoms with Crippen LogP contribution >= 0.6 is 0 Å². The van der Waals surface area contributed by atoms with Gasteiger partial charge in [0.1, 0.15) is 6.10 Å². The topological polar surface area (TPSA) is 20.2 Å². The van der Waals surface area contributed by atoms with E-state index in [1.54, 1.807) is 0 Å². The Hall–Kier alpha value is -0.460. The Morgan fingerprint density at radius 1 is 1.14 bits per heavy atom. The molecule has 0 radical (unpaired) electrons. The lowest BCUT2D eigenvalue weighted by Gasteiger charge is -2.26. The fourth-order valence-corrected chi connectivity index (χ4v) is 0.853. The van der Waals surface area contributed by atoms with Gasteiger partial charge < -0.3 is 5.11 Å². The van der Waals surface area contributed by atoms with Gasteiger partial charge in [-0.3, -0.25) is 0 Å². The smallest absolute Gasteiger partial charge is 0.387 e. The van der Waals surface area contributed by atoms with Crippen molar-refractivity contribution in [1.82, 2.24) is 0 Å². The first kappa shape index (κ1) is 13.5. The van der Waals surface area contributed by atoms with Gasteiger partial charge in [-0.15, -0.1) is 0 Å². The second-order valence-electron chi connectivity index (χ2n) is 2.88. The molecule has 0 aromatic heterocycles. The Morgan fingerprint density at radius 2 is 1.57 bits per heavy atom. The van der Waals surface area contributed by atoms with Crippen molar-refractivity contribution in [2.24, 2.45) is 0 Å². The number of aliphatic hydroxyl groups excluding tert-OH is 1. The van der Waals surface area contributed by atoms with E-state index in [9.17, 15) is 26.3 Å².